The number of hydrogen-bond acceptors (Lipinski definition) is 2. The number of hydrogen-bond donors (Lipinski definition) is 2. The van der Waals surface area contributed by atoms with Crippen LogP contribution in [0, 0.1) is 11.3 Å². The Labute approximate surface area is 98.9 Å². The highest BCUT2D eigenvalue weighted by molar-refractivity contribution is 5.77. The fraction of sp³-hybridized carbons (Fsp3) is 0.923. The van der Waals surface area contributed by atoms with Crippen molar-refractivity contribution in [1.29, 1.82) is 5.41 Å². The summed E-state index contributed by atoms with van der Waals surface area (Å²) in [4.78, 5) is 2.63. The number of fused-ring (bicyclic) bond motifs is 1. The molecule has 2 aliphatic rings. The summed E-state index contributed by atoms with van der Waals surface area (Å²) in [5.74, 6) is 1.27. The van der Waals surface area contributed by atoms with E-state index < -0.39 is 0 Å². The summed E-state index contributed by atoms with van der Waals surface area (Å²) >= 11 is 0. The van der Waals surface area contributed by atoms with Crippen molar-refractivity contribution in [2.24, 2.45) is 11.7 Å². The van der Waals surface area contributed by atoms with Gasteiger partial charge in [0.1, 0.15) is 0 Å². The van der Waals surface area contributed by atoms with Crippen LogP contribution in [0.3, 0.4) is 0 Å². The molecule has 1 saturated carbocycles. The lowest BCUT2D eigenvalue weighted by molar-refractivity contribution is 0.0335. The normalized spacial score (nSPS) is 33.1. The Balaban J connectivity index is 1.98. The topological polar surface area (TPSA) is 53.1 Å². The maximum absolute atomic E-state index is 7.43. The van der Waals surface area contributed by atoms with Crippen molar-refractivity contribution in [3.05, 3.63) is 0 Å². The van der Waals surface area contributed by atoms with E-state index in [0.717, 1.165) is 18.4 Å². The minimum Gasteiger partial charge on any atom is -0.388 e. The van der Waals surface area contributed by atoms with Gasteiger partial charge in [-0.1, -0.05) is 12.8 Å². The van der Waals surface area contributed by atoms with Crippen LogP contribution in [0.25, 0.3) is 0 Å². The Bertz CT molecular complexity index is 250. The van der Waals surface area contributed by atoms with Crippen molar-refractivity contribution in [2.45, 2.75) is 64.0 Å². The molecule has 1 heterocycles. The van der Waals surface area contributed by atoms with Gasteiger partial charge in [-0.3, -0.25) is 10.3 Å². The van der Waals surface area contributed by atoms with E-state index in [1.54, 1.807) is 0 Å². The molecule has 0 aromatic carbocycles. The highest BCUT2D eigenvalue weighted by Gasteiger charge is 2.35. The fourth-order valence-corrected chi connectivity index (χ4v) is 3.65. The lowest BCUT2D eigenvalue weighted by Crippen LogP contribution is -2.51. The molecular weight excluding hydrogens is 198 g/mol. The molecule has 1 aliphatic carbocycles. The molecule has 1 aliphatic heterocycles. The third kappa shape index (κ3) is 2.57. The van der Waals surface area contributed by atoms with Crippen LogP contribution in [0.4, 0.5) is 0 Å². The summed E-state index contributed by atoms with van der Waals surface area (Å²) in [6.45, 7) is 3.45. The van der Waals surface area contributed by atoms with Crippen LogP contribution in [0.1, 0.15) is 51.9 Å². The Morgan fingerprint density at radius 1 is 1.31 bits per heavy atom. The Morgan fingerprint density at radius 3 is 2.75 bits per heavy atom. The molecule has 0 amide bonds. The zero-order chi connectivity index (χ0) is 11.5. The molecule has 0 spiro atoms. The molecule has 3 nitrogen and oxygen atoms in total. The molecular formula is C13H25N3. The van der Waals surface area contributed by atoms with Crippen molar-refractivity contribution in [3.63, 3.8) is 0 Å². The molecule has 3 unspecified atom stereocenters. The maximum atomic E-state index is 7.43. The molecule has 2 fully saturated rings. The zero-order valence-corrected chi connectivity index (χ0v) is 10.4. The second-order valence-electron chi connectivity index (χ2n) is 5.57. The first-order valence-corrected chi connectivity index (χ1v) is 6.77. The average Bonchev–Trinajstić information content (AvgIpc) is 2.27. The van der Waals surface area contributed by atoms with Gasteiger partial charge >= 0.3 is 0 Å². The lowest BCUT2D eigenvalue weighted by atomic mass is 9.77. The van der Waals surface area contributed by atoms with E-state index in [2.05, 4.69) is 11.8 Å². The predicted octanol–water partition coefficient (Wildman–Crippen LogP) is 2.36. The molecule has 3 heteroatoms. The summed E-state index contributed by atoms with van der Waals surface area (Å²) in [6, 6.07) is 1.25. The van der Waals surface area contributed by atoms with E-state index in [9.17, 15) is 0 Å². The number of amidine groups is 1. The van der Waals surface area contributed by atoms with Crippen molar-refractivity contribution in [1.82, 2.24) is 4.90 Å². The van der Waals surface area contributed by atoms with E-state index in [4.69, 9.17) is 11.1 Å². The summed E-state index contributed by atoms with van der Waals surface area (Å²) in [5.41, 5.74) is 5.52. The molecule has 0 aromatic heterocycles. The van der Waals surface area contributed by atoms with E-state index in [1.807, 2.05) is 0 Å². The van der Waals surface area contributed by atoms with Crippen LogP contribution < -0.4 is 5.73 Å². The van der Waals surface area contributed by atoms with E-state index in [0.29, 0.717) is 11.9 Å². The number of nitrogens with two attached hydrogens (primary N) is 1. The summed E-state index contributed by atoms with van der Waals surface area (Å²) in [7, 11) is 0. The van der Waals surface area contributed by atoms with Crippen molar-refractivity contribution >= 4 is 5.84 Å². The number of piperidine rings is 1. The van der Waals surface area contributed by atoms with Gasteiger partial charge in [0.15, 0.2) is 0 Å². The highest BCUT2D eigenvalue weighted by Crippen LogP contribution is 2.36. The van der Waals surface area contributed by atoms with Gasteiger partial charge in [-0.2, -0.15) is 0 Å². The first kappa shape index (κ1) is 11.9. The summed E-state index contributed by atoms with van der Waals surface area (Å²) in [5, 5.41) is 7.43. The van der Waals surface area contributed by atoms with Gasteiger partial charge in [0.25, 0.3) is 0 Å². The number of likely N-dealkylation sites (tertiary alicyclic amines) is 1. The van der Waals surface area contributed by atoms with Gasteiger partial charge in [-0.15, -0.1) is 0 Å². The Hall–Kier alpha value is -0.570. The summed E-state index contributed by atoms with van der Waals surface area (Å²) < 4.78 is 0. The molecule has 3 N–H and O–H groups in total. The minimum absolute atomic E-state index is 0.338. The van der Waals surface area contributed by atoms with Gasteiger partial charge in [-0.25, -0.2) is 0 Å². The van der Waals surface area contributed by atoms with Gasteiger partial charge in [0, 0.05) is 18.5 Å². The second-order valence-corrected chi connectivity index (χ2v) is 5.57. The predicted molar refractivity (Wildman–Crippen MR) is 67.7 cm³/mol. The Kier molecular flexibility index (Phi) is 3.85. The third-order valence-corrected chi connectivity index (χ3v) is 4.37. The van der Waals surface area contributed by atoms with E-state index in [1.165, 1.54) is 45.1 Å². The number of nitrogens with one attached hydrogen (secondary N) is 1. The van der Waals surface area contributed by atoms with Crippen LogP contribution >= 0.6 is 0 Å². The first-order valence-electron chi connectivity index (χ1n) is 6.77. The van der Waals surface area contributed by atoms with Gasteiger partial charge in [0.05, 0.1) is 5.84 Å². The molecule has 0 aromatic rings. The maximum Gasteiger partial charge on any atom is 0.0920 e. The molecule has 0 radical (unpaired) electrons. The zero-order valence-electron chi connectivity index (χ0n) is 10.4. The largest absolute Gasteiger partial charge is 0.388 e. The molecule has 0 bridgehead atoms. The monoisotopic (exact) mass is 223 g/mol. The Morgan fingerprint density at radius 2 is 2.00 bits per heavy atom. The third-order valence-electron chi connectivity index (χ3n) is 4.37. The molecule has 3 atom stereocenters. The smallest absolute Gasteiger partial charge is 0.0920 e. The number of nitrogens with zero attached hydrogens (tertiary/aromatic N) is 1. The minimum atomic E-state index is 0.338. The van der Waals surface area contributed by atoms with Gasteiger partial charge < -0.3 is 5.73 Å². The highest BCUT2D eigenvalue weighted by atomic mass is 15.2. The molecule has 16 heavy (non-hydrogen) atoms. The lowest BCUT2D eigenvalue weighted by Gasteiger charge is -2.47. The summed E-state index contributed by atoms with van der Waals surface area (Å²) in [6.07, 6.45) is 9.11. The standard InChI is InChI=1S/C13H25N3/c1-10(9-13(14)15)16-8-4-6-11-5-2-3-7-12(11)16/h10-12H,2-9H2,1H3,(H3,14,15). The quantitative estimate of drug-likeness (QED) is 0.570. The molecule has 2 rings (SSSR count). The van der Waals surface area contributed by atoms with Crippen molar-refractivity contribution < 1.29 is 0 Å². The van der Waals surface area contributed by atoms with Crippen LogP contribution in [-0.4, -0.2) is 29.4 Å². The van der Waals surface area contributed by atoms with Crippen LogP contribution in [0.5, 0.6) is 0 Å². The first-order chi connectivity index (χ1) is 7.68. The van der Waals surface area contributed by atoms with Crippen LogP contribution in [0.15, 0.2) is 0 Å². The van der Waals surface area contributed by atoms with Gasteiger partial charge in [-0.05, 0) is 45.1 Å². The van der Waals surface area contributed by atoms with Gasteiger partial charge in [0.2, 0.25) is 0 Å². The average molecular weight is 223 g/mol. The second kappa shape index (κ2) is 5.17. The molecule has 92 valence electrons. The van der Waals surface area contributed by atoms with Crippen molar-refractivity contribution in [3.8, 4) is 0 Å². The van der Waals surface area contributed by atoms with E-state index in [-0.39, 0.29) is 0 Å². The van der Waals surface area contributed by atoms with Crippen LogP contribution in [-0.2, 0) is 0 Å². The number of rotatable bonds is 3. The van der Waals surface area contributed by atoms with E-state index >= 15 is 0 Å². The van der Waals surface area contributed by atoms with Crippen molar-refractivity contribution in [2.75, 3.05) is 6.54 Å². The SMILES string of the molecule is CC(CC(=N)N)N1CCCC2CCCCC21. The fourth-order valence-electron chi connectivity index (χ4n) is 3.65. The van der Waals surface area contributed by atoms with Crippen LogP contribution in [0.2, 0.25) is 0 Å². The molecule has 1 saturated heterocycles.